The van der Waals surface area contributed by atoms with Crippen LogP contribution in [0.15, 0.2) is 85.7 Å². The highest BCUT2D eigenvalue weighted by molar-refractivity contribution is 5.70. The molecule has 4 heteroatoms. The fourth-order valence-corrected chi connectivity index (χ4v) is 2.53. The van der Waals surface area contributed by atoms with Gasteiger partial charge >= 0.3 is 0 Å². The number of aromatic nitrogens is 4. The maximum atomic E-state index is 4.41. The lowest BCUT2D eigenvalue weighted by atomic mass is 10.0. The highest BCUT2D eigenvalue weighted by atomic mass is 14.9. The molecule has 2 aromatic carbocycles. The summed E-state index contributed by atoms with van der Waals surface area (Å²) in [7, 11) is 0. The van der Waals surface area contributed by atoms with E-state index in [1.165, 1.54) is 17.5 Å². The molecule has 0 aliphatic carbocycles. The molecule has 0 unspecified atom stereocenters. The molecule has 0 N–H and O–H groups in total. The average molecular weight is 310 g/mol. The van der Waals surface area contributed by atoms with Gasteiger partial charge in [-0.2, -0.15) is 0 Å². The van der Waals surface area contributed by atoms with Gasteiger partial charge in [-0.25, -0.2) is 19.9 Å². The molecule has 4 nitrogen and oxygen atoms in total. The Kier molecular flexibility index (Phi) is 3.78. The molecule has 2 heterocycles. The van der Waals surface area contributed by atoms with E-state index in [1.807, 2.05) is 30.6 Å². The Balaban J connectivity index is 1.60. The second kappa shape index (κ2) is 6.38. The first-order valence-corrected chi connectivity index (χ1v) is 7.63. The van der Waals surface area contributed by atoms with E-state index in [1.54, 1.807) is 12.4 Å². The van der Waals surface area contributed by atoms with Gasteiger partial charge < -0.3 is 0 Å². The minimum absolute atomic E-state index is 0.625. The van der Waals surface area contributed by atoms with E-state index in [2.05, 4.69) is 56.3 Å². The maximum absolute atomic E-state index is 4.41. The molecule has 0 radical (unpaired) electrons. The first-order valence-electron chi connectivity index (χ1n) is 7.63. The number of benzene rings is 2. The maximum Gasteiger partial charge on any atom is 0.162 e. The first-order chi connectivity index (χ1) is 11.9. The van der Waals surface area contributed by atoms with Crippen molar-refractivity contribution in [3.8, 4) is 33.6 Å². The van der Waals surface area contributed by atoms with E-state index in [-0.39, 0.29) is 0 Å². The SMILES string of the molecule is c1ccc(-c2ccc(-c3cnc(-c4cncnc4)nc3)cc2)cc1. The van der Waals surface area contributed by atoms with E-state index in [0.717, 1.165) is 16.7 Å². The van der Waals surface area contributed by atoms with Gasteiger partial charge in [0.1, 0.15) is 6.33 Å². The lowest BCUT2D eigenvalue weighted by molar-refractivity contribution is 1.12. The smallest absolute Gasteiger partial charge is 0.162 e. The highest BCUT2D eigenvalue weighted by Crippen LogP contribution is 2.24. The van der Waals surface area contributed by atoms with Crippen LogP contribution in [-0.4, -0.2) is 19.9 Å². The fourth-order valence-electron chi connectivity index (χ4n) is 2.53. The summed E-state index contributed by atoms with van der Waals surface area (Å²) in [4.78, 5) is 16.8. The molecule has 0 saturated heterocycles. The number of hydrogen-bond donors (Lipinski definition) is 0. The number of hydrogen-bond acceptors (Lipinski definition) is 4. The van der Waals surface area contributed by atoms with Gasteiger partial charge in [0.05, 0.1) is 5.56 Å². The predicted octanol–water partition coefficient (Wildman–Crippen LogP) is 4.27. The van der Waals surface area contributed by atoms with Crippen LogP contribution in [0.5, 0.6) is 0 Å². The molecule has 0 spiro atoms. The zero-order valence-electron chi connectivity index (χ0n) is 12.9. The molecular weight excluding hydrogens is 296 g/mol. The average Bonchev–Trinajstić information content (AvgIpc) is 2.70. The van der Waals surface area contributed by atoms with E-state index < -0.39 is 0 Å². The van der Waals surface area contributed by atoms with E-state index in [0.29, 0.717) is 5.82 Å². The lowest BCUT2D eigenvalue weighted by Gasteiger charge is -2.05. The third-order valence-corrected chi connectivity index (χ3v) is 3.80. The minimum atomic E-state index is 0.625. The van der Waals surface area contributed by atoms with Gasteiger partial charge in [-0.05, 0) is 16.7 Å². The van der Waals surface area contributed by atoms with Crippen LogP contribution >= 0.6 is 0 Å². The van der Waals surface area contributed by atoms with Crippen LogP contribution in [0.25, 0.3) is 33.6 Å². The normalized spacial score (nSPS) is 10.5. The largest absolute Gasteiger partial charge is 0.244 e. The molecule has 114 valence electrons. The Hall–Kier alpha value is -3.40. The van der Waals surface area contributed by atoms with Gasteiger partial charge in [0.25, 0.3) is 0 Å². The van der Waals surface area contributed by atoms with Gasteiger partial charge in [0.2, 0.25) is 0 Å². The van der Waals surface area contributed by atoms with Crippen LogP contribution < -0.4 is 0 Å². The molecule has 4 aromatic rings. The van der Waals surface area contributed by atoms with Crippen molar-refractivity contribution in [2.45, 2.75) is 0 Å². The lowest BCUT2D eigenvalue weighted by Crippen LogP contribution is -1.91. The van der Waals surface area contributed by atoms with Crippen molar-refractivity contribution in [3.05, 3.63) is 85.7 Å². The molecule has 2 aromatic heterocycles. The van der Waals surface area contributed by atoms with Crippen molar-refractivity contribution in [2.75, 3.05) is 0 Å². The van der Waals surface area contributed by atoms with Crippen molar-refractivity contribution < 1.29 is 0 Å². The third-order valence-electron chi connectivity index (χ3n) is 3.80. The van der Waals surface area contributed by atoms with E-state index in [4.69, 9.17) is 0 Å². The third kappa shape index (κ3) is 2.90. The quantitative estimate of drug-likeness (QED) is 0.567. The molecule has 0 aliphatic heterocycles. The van der Waals surface area contributed by atoms with E-state index in [9.17, 15) is 0 Å². The molecule has 0 aliphatic rings. The van der Waals surface area contributed by atoms with Crippen molar-refractivity contribution >= 4 is 0 Å². The van der Waals surface area contributed by atoms with Crippen LogP contribution in [0, 0.1) is 0 Å². The minimum Gasteiger partial charge on any atom is -0.244 e. The van der Waals surface area contributed by atoms with Crippen molar-refractivity contribution in [1.82, 2.24) is 19.9 Å². The molecule has 0 saturated carbocycles. The second-order valence-corrected chi connectivity index (χ2v) is 5.37. The van der Waals surface area contributed by atoms with Gasteiger partial charge in [-0.1, -0.05) is 54.6 Å². The summed E-state index contributed by atoms with van der Waals surface area (Å²) in [6.45, 7) is 0. The van der Waals surface area contributed by atoms with E-state index >= 15 is 0 Å². The summed E-state index contributed by atoms with van der Waals surface area (Å²) in [5, 5.41) is 0. The van der Waals surface area contributed by atoms with Crippen molar-refractivity contribution in [2.24, 2.45) is 0 Å². The van der Waals surface area contributed by atoms with Crippen molar-refractivity contribution in [1.29, 1.82) is 0 Å². The molecule has 0 amide bonds. The van der Waals surface area contributed by atoms with Crippen LogP contribution in [-0.2, 0) is 0 Å². The summed E-state index contributed by atoms with van der Waals surface area (Å²) in [6.07, 6.45) is 8.55. The molecule has 24 heavy (non-hydrogen) atoms. The fraction of sp³-hybridized carbons (Fsp3) is 0. The summed E-state index contributed by atoms with van der Waals surface area (Å²) in [6, 6.07) is 18.7. The first kappa shape index (κ1) is 14.2. The Bertz CT molecular complexity index is 838. The Labute approximate surface area is 139 Å². The van der Waals surface area contributed by atoms with Gasteiger partial charge in [0, 0.05) is 30.4 Å². The molecular formula is C20H14N4. The Morgan fingerprint density at radius 1 is 0.458 bits per heavy atom. The monoisotopic (exact) mass is 310 g/mol. The van der Waals surface area contributed by atoms with Gasteiger partial charge in [-0.3, -0.25) is 0 Å². The zero-order chi connectivity index (χ0) is 16.2. The Morgan fingerprint density at radius 2 is 1.00 bits per heavy atom. The predicted molar refractivity (Wildman–Crippen MR) is 93.9 cm³/mol. The second-order valence-electron chi connectivity index (χ2n) is 5.37. The molecule has 0 bridgehead atoms. The van der Waals surface area contributed by atoms with Crippen LogP contribution in [0.3, 0.4) is 0 Å². The summed E-state index contributed by atoms with van der Waals surface area (Å²) in [5.74, 6) is 0.625. The summed E-state index contributed by atoms with van der Waals surface area (Å²) >= 11 is 0. The van der Waals surface area contributed by atoms with Gasteiger partial charge in [0.15, 0.2) is 5.82 Å². The standard InChI is InChI=1S/C20H14N4/c1-2-4-15(5-3-1)16-6-8-17(9-7-16)18-12-23-20(24-13-18)19-10-21-14-22-11-19/h1-14H. The topological polar surface area (TPSA) is 51.6 Å². The molecule has 0 fully saturated rings. The summed E-state index contributed by atoms with van der Waals surface area (Å²) in [5.41, 5.74) is 5.28. The van der Waals surface area contributed by atoms with Gasteiger partial charge in [-0.15, -0.1) is 0 Å². The highest BCUT2D eigenvalue weighted by Gasteiger charge is 2.04. The molecule has 0 atom stereocenters. The van der Waals surface area contributed by atoms with Crippen LogP contribution in [0.1, 0.15) is 0 Å². The van der Waals surface area contributed by atoms with Crippen LogP contribution in [0.4, 0.5) is 0 Å². The summed E-state index contributed by atoms with van der Waals surface area (Å²) < 4.78 is 0. The Morgan fingerprint density at radius 3 is 1.62 bits per heavy atom. The molecule has 4 rings (SSSR count). The number of rotatable bonds is 3. The number of nitrogens with zero attached hydrogens (tertiary/aromatic N) is 4. The zero-order valence-corrected chi connectivity index (χ0v) is 12.9. The van der Waals surface area contributed by atoms with Crippen LogP contribution in [0.2, 0.25) is 0 Å². The van der Waals surface area contributed by atoms with Crippen molar-refractivity contribution in [3.63, 3.8) is 0 Å².